The first-order valence-electron chi connectivity index (χ1n) is 3.60. The molecule has 0 spiro atoms. The van der Waals surface area contributed by atoms with Crippen molar-refractivity contribution >= 4 is 5.78 Å². The average molecular weight is 166 g/mol. The quantitative estimate of drug-likeness (QED) is 0.379. The van der Waals surface area contributed by atoms with E-state index in [1.165, 1.54) is 6.26 Å². The van der Waals surface area contributed by atoms with Crippen molar-refractivity contribution in [3.8, 4) is 0 Å². The Morgan fingerprint density at radius 2 is 2.58 bits per heavy atom. The van der Waals surface area contributed by atoms with E-state index in [-0.39, 0.29) is 12.4 Å². The van der Waals surface area contributed by atoms with Crippen molar-refractivity contribution in [3.63, 3.8) is 0 Å². The van der Waals surface area contributed by atoms with Gasteiger partial charge in [-0.15, -0.1) is 6.58 Å². The van der Waals surface area contributed by atoms with Crippen molar-refractivity contribution in [1.29, 1.82) is 0 Å². The summed E-state index contributed by atoms with van der Waals surface area (Å²) in [5, 5.41) is 0. The average Bonchev–Trinajstić information content (AvgIpc) is 2.56. The maximum Gasteiger partial charge on any atom is 0.223 e. The van der Waals surface area contributed by atoms with Gasteiger partial charge in [0.25, 0.3) is 0 Å². The summed E-state index contributed by atoms with van der Waals surface area (Å²) in [4.78, 5) is 11.1. The molecule has 3 nitrogen and oxygen atoms in total. The maximum absolute atomic E-state index is 11.1. The van der Waals surface area contributed by atoms with Crippen LogP contribution in [-0.2, 0) is 4.74 Å². The van der Waals surface area contributed by atoms with E-state index in [4.69, 9.17) is 9.15 Å². The molecule has 0 aliphatic carbocycles. The number of hydrogen-bond acceptors (Lipinski definition) is 3. The number of rotatable bonds is 5. The number of Topliss-reactive ketones (excluding diaryl/α,β-unsaturated/α-hetero) is 1. The van der Waals surface area contributed by atoms with Gasteiger partial charge < -0.3 is 9.15 Å². The largest absolute Gasteiger partial charge is 0.461 e. The maximum atomic E-state index is 11.1. The first-order valence-corrected chi connectivity index (χ1v) is 3.60. The van der Waals surface area contributed by atoms with E-state index < -0.39 is 0 Å². The zero-order valence-electron chi connectivity index (χ0n) is 6.66. The van der Waals surface area contributed by atoms with Gasteiger partial charge in [0.05, 0.1) is 12.9 Å². The minimum absolute atomic E-state index is 0.0412. The molecule has 1 aromatic heterocycles. The van der Waals surface area contributed by atoms with Crippen LogP contribution in [0, 0.1) is 0 Å². The van der Waals surface area contributed by atoms with Gasteiger partial charge in [-0.3, -0.25) is 4.79 Å². The lowest BCUT2D eigenvalue weighted by atomic mass is 10.3. The molecule has 0 atom stereocenters. The Morgan fingerprint density at radius 3 is 3.17 bits per heavy atom. The summed E-state index contributed by atoms with van der Waals surface area (Å²) >= 11 is 0. The van der Waals surface area contributed by atoms with Crippen LogP contribution in [0.5, 0.6) is 0 Å². The van der Waals surface area contributed by atoms with Crippen molar-refractivity contribution in [1.82, 2.24) is 0 Å². The van der Waals surface area contributed by atoms with Crippen molar-refractivity contribution in [2.45, 2.75) is 0 Å². The Kier molecular flexibility index (Phi) is 3.29. The van der Waals surface area contributed by atoms with Crippen LogP contribution in [0.4, 0.5) is 0 Å². The molecule has 0 aromatic carbocycles. The summed E-state index contributed by atoms with van der Waals surface area (Å²) in [6.45, 7) is 3.88. The highest BCUT2D eigenvalue weighted by atomic mass is 16.5. The zero-order chi connectivity index (χ0) is 8.81. The minimum atomic E-state index is -0.151. The molecule has 0 aliphatic heterocycles. The van der Waals surface area contributed by atoms with Gasteiger partial charge in [0.15, 0.2) is 5.76 Å². The predicted octanol–water partition coefficient (Wildman–Crippen LogP) is 1.66. The Balaban J connectivity index is 2.34. The van der Waals surface area contributed by atoms with Crippen molar-refractivity contribution < 1.29 is 13.9 Å². The van der Waals surface area contributed by atoms with Gasteiger partial charge in [-0.1, -0.05) is 6.08 Å². The van der Waals surface area contributed by atoms with E-state index in [9.17, 15) is 4.79 Å². The first kappa shape index (κ1) is 8.74. The molecule has 1 heterocycles. The van der Waals surface area contributed by atoms with Gasteiger partial charge in [0.1, 0.15) is 6.61 Å². The highest BCUT2D eigenvalue weighted by Crippen LogP contribution is 2.00. The van der Waals surface area contributed by atoms with Crippen LogP contribution in [0.3, 0.4) is 0 Å². The smallest absolute Gasteiger partial charge is 0.223 e. The Morgan fingerprint density at radius 1 is 1.75 bits per heavy atom. The molecule has 0 N–H and O–H groups in total. The lowest BCUT2D eigenvalue weighted by Crippen LogP contribution is -2.07. The third-order valence-electron chi connectivity index (χ3n) is 1.26. The molecule has 1 aromatic rings. The van der Waals surface area contributed by atoms with Gasteiger partial charge in [-0.25, -0.2) is 0 Å². The van der Waals surface area contributed by atoms with E-state index in [1.54, 1.807) is 18.2 Å². The second-order valence-electron chi connectivity index (χ2n) is 2.20. The predicted molar refractivity (Wildman–Crippen MR) is 44.1 cm³/mol. The second kappa shape index (κ2) is 4.51. The van der Waals surface area contributed by atoms with Gasteiger partial charge in [-0.05, 0) is 12.1 Å². The van der Waals surface area contributed by atoms with Gasteiger partial charge in [0.2, 0.25) is 5.78 Å². The third-order valence-corrected chi connectivity index (χ3v) is 1.26. The Bertz CT molecular complexity index is 249. The van der Waals surface area contributed by atoms with Gasteiger partial charge >= 0.3 is 0 Å². The summed E-state index contributed by atoms with van der Waals surface area (Å²) in [5.41, 5.74) is 0. The van der Waals surface area contributed by atoms with Crippen LogP contribution in [0.15, 0.2) is 35.5 Å². The molecule has 1 rings (SSSR count). The minimum Gasteiger partial charge on any atom is -0.461 e. The lowest BCUT2D eigenvalue weighted by Gasteiger charge is -1.96. The Labute approximate surface area is 70.6 Å². The van der Waals surface area contributed by atoms with E-state index in [0.29, 0.717) is 12.4 Å². The van der Waals surface area contributed by atoms with Crippen molar-refractivity contribution in [2.75, 3.05) is 13.2 Å². The van der Waals surface area contributed by atoms with Crippen LogP contribution in [0.1, 0.15) is 10.6 Å². The van der Waals surface area contributed by atoms with Crippen LogP contribution in [-0.4, -0.2) is 19.0 Å². The van der Waals surface area contributed by atoms with Crippen LogP contribution in [0.2, 0.25) is 0 Å². The monoisotopic (exact) mass is 166 g/mol. The van der Waals surface area contributed by atoms with Gasteiger partial charge in [-0.2, -0.15) is 0 Å². The van der Waals surface area contributed by atoms with Crippen molar-refractivity contribution in [2.24, 2.45) is 0 Å². The molecule has 64 valence electrons. The number of hydrogen-bond donors (Lipinski definition) is 0. The lowest BCUT2D eigenvalue weighted by molar-refractivity contribution is 0.0778. The molecule has 0 bridgehead atoms. The number of carbonyl (C=O) groups excluding carboxylic acids is 1. The molecule has 0 saturated carbocycles. The molecule has 0 radical (unpaired) electrons. The SMILES string of the molecule is C=CCOCC(=O)c1ccco1. The summed E-state index contributed by atoms with van der Waals surface area (Å²) in [6, 6.07) is 3.28. The van der Waals surface area contributed by atoms with E-state index in [1.807, 2.05) is 0 Å². The second-order valence-corrected chi connectivity index (χ2v) is 2.20. The zero-order valence-corrected chi connectivity index (χ0v) is 6.66. The van der Waals surface area contributed by atoms with Crippen LogP contribution < -0.4 is 0 Å². The molecule has 3 heteroatoms. The van der Waals surface area contributed by atoms with Crippen LogP contribution >= 0.6 is 0 Å². The standard InChI is InChI=1S/C9H10O3/c1-2-5-11-7-8(10)9-4-3-6-12-9/h2-4,6H,1,5,7H2. The summed E-state index contributed by atoms with van der Waals surface area (Å²) in [7, 11) is 0. The molecular formula is C9H10O3. The normalized spacial score (nSPS) is 9.67. The van der Waals surface area contributed by atoms with E-state index in [2.05, 4.69) is 6.58 Å². The number of ether oxygens (including phenoxy) is 1. The fourth-order valence-electron chi connectivity index (χ4n) is 0.743. The summed E-state index contributed by atoms with van der Waals surface area (Å²) < 4.78 is 9.81. The molecule has 0 fully saturated rings. The Hall–Kier alpha value is -1.35. The fourth-order valence-corrected chi connectivity index (χ4v) is 0.743. The number of ketones is 1. The third kappa shape index (κ3) is 2.36. The molecule has 0 aliphatic rings. The molecule has 12 heavy (non-hydrogen) atoms. The van der Waals surface area contributed by atoms with E-state index in [0.717, 1.165) is 0 Å². The summed E-state index contributed by atoms with van der Waals surface area (Å²) in [5.74, 6) is 0.181. The number of furan rings is 1. The van der Waals surface area contributed by atoms with E-state index >= 15 is 0 Å². The molecule has 0 saturated heterocycles. The van der Waals surface area contributed by atoms with Gasteiger partial charge in [0, 0.05) is 0 Å². The topological polar surface area (TPSA) is 39.4 Å². The molecular weight excluding hydrogens is 156 g/mol. The highest BCUT2D eigenvalue weighted by molar-refractivity contribution is 5.94. The molecule has 0 amide bonds. The molecule has 0 unspecified atom stereocenters. The number of carbonyl (C=O) groups is 1. The summed E-state index contributed by atoms with van der Waals surface area (Å²) in [6.07, 6.45) is 3.05. The fraction of sp³-hybridized carbons (Fsp3) is 0.222. The van der Waals surface area contributed by atoms with Crippen LogP contribution in [0.25, 0.3) is 0 Å². The van der Waals surface area contributed by atoms with Crippen molar-refractivity contribution in [3.05, 3.63) is 36.8 Å². The highest BCUT2D eigenvalue weighted by Gasteiger charge is 2.07. The first-order chi connectivity index (χ1) is 5.84.